The van der Waals surface area contributed by atoms with Gasteiger partial charge in [0.15, 0.2) is 5.96 Å². The zero-order valence-corrected chi connectivity index (χ0v) is 17.6. The Kier molecular flexibility index (Phi) is 6.54. The molecule has 6 heteroatoms. The van der Waals surface area contributed by atoms with Crippen molar-refractivity contribution in [3.8, 4) is 5.75 Å². The quantitative estimate of drug-likeness (QED) is 0.457. The molecular weight excluding hydrogens is 378 g/mol. The molecule has 1 aliphatic rings. The van der Waals surface area contributed by atoms with E-state index in [1.165, 1.54) is 5.56 Å². The fraction of sp³-hybridized carbons (Fsp3) is 0.375. The molecule has 158 valence electrons. The van der Waals surface area contributed by atoms with Crippen LogP contribution in [-0.4, -0.2) is 32.8 Å². The molecule has 2 aromatic carbocycles. The van der Waals surface area contributed by atoms with Crippen LogP contribution in [0.3, 0.4) is 0 Å². The van der Waals surface area contributed by atoms with Crippen molar-refractivity contribution >= 4 is 16.9 Å². The van der Waals surface area contributed by atoms with Gasteiger partial charge in [-0.2, -0.15) is 0 Å². The van der Waals surface area contributed by atoms with Gasteiger partial charge in [-0.25, -0.2) is 0 Å². The van der Waals surface area contributed by atoms with Crippen molar-refractivity contribution in [2.75, 3.05) is 26.9 Å². The molecule has 6 nitrogen and oxygen atoms in total. The summed E-state index contributed by atoms with van der Waals surface area (Å²) in [4.78, 5) is 4.32. The number of aliphatic imine (C=N–C) groups is 1. The van der Waals surface area contributed by atoms with Crippen LogP contribution in [0, 0.1) is 12.8 Å². The maximum absolute atomic E-state index is 6.14. The average Bonchev–Trinajstić information content (AvgIpc) is 3.42. The number of hydrogen-bond acceptors (Lipinski definition) is 4. The lowest BCUT2D eigenvalue weighted by Crippen LogP contribution is -2.36. The minimum Gasteiger partial charge on any atom is -0.493 e. The number of furan rings is 1. The Balaban J connectivity index is 1.33. The Hall–Kier alpha value is -2.99. The molecule has 3 aromatic rings. The number of aryl methyl sites for hydroxylation is 1. The van der Waals surface area contributed by atoms with Gasteiger partial charge in [0.2, 0.25) is 0 Å². The number of para-hydroxylation sites is 1. The lowest BCUT2D eigenvalue weighted by atomic mass is 10.1. The molecule has 1 atom stereocenters. The van der Waals surface area contributed by atoms with Gasteiger partial charge in [-0.3, -0.25) is 4.99 Å². The van der Waals surface area contributed by atoms with Crippen LogP contribution in [0.1, 0.15) is 23.3 Å². The summed E-state index contributed by atoms with van der Waals surface area (Å²) in [5, 5.41) is 7.79. The Bertz CT molecular complexity index is 973. The minimum atomic E-state index is 0.476. The fourth-order valence-corrected chi connectivity index (χ4v) is 3.56. The van der Waals surface area contributed by atoms with Crippen LogP contribution in [0.15, 0.2) is 57.9 Å². The topological polar surface area (TPSA) is 68.0 Å². The van der Waals surface area contributed by atoms with Crippen molar-refractivity contribution in [3.63, 3.8) is 0 Å². The smallest absolute Gasteiger partial charge is 0.191 e. The standard InChI is InChI=1S/C24H29N3O3/c1-17-7-8-20(23(11-17)29-16-18-9-10-28-15-18)13-26-24(25-2)27-14-21-12-19-5-3-4-6-22(19)30-21/h3-8,11-12,18H,9-10,13-16H2,1-2H3,(H2,25,26,27). The van der Waals surface area contributed by atoms with E-state index in [0.29, 0.717) is 31.6 Å². The van der Waals surface area contributed by atoms with Gasteiger partial charge in [-0.1, -0.05) is 30.3 Å². The summed E-state index contributed by atoms with van der Waals surface area (Å²) in [6.07, 6.45) is 1.07. The SMILES string of the molecule is CN=C(NCc1cc2ccccc2o1)NCc1ccc(C)cc1OCC1CCOC1. The molecule has 1 aromatic heterocycles. The molecule has 1 saturated heterocycles. The van der Waals surface area contributed by atoms with Crippen LogP contribution in [-0.2, 0) is 17.8 Å². The maximum Gasteiger partial charge on any atom is 0.191 e. The van der Waals surface area contributed by atoms with E-state index >= 15 is 0 Å². The molecule has 2 N–H and O–H groups in total. The van der Waals surface area contributed by atoms with Gasteiger partial charge in [-0.15, -0.1) is 0 Å². The Morgan fingerprint density at radius 2 is 2.00 bits per heavy atom. The first-order valence-electron chi connectivity index (χ1n) is 10.4. The van der Waals surface area contributed by atoms with E-state index in [1.54, 1.807) is 7.05 Å². The number of nitrogens with one attached hydrogen (secondary N) is 2. The summed E-state index contributed by atoms with van der Waals surface area (Å²) in [5.74, 6) is 2.98. The lowest BCUT2D eigenvalue weighted by Gasteiger charge is -2.16. The van der Waals surface area contributed by atoms with Crippen molar-refractivity contribution in [2.24, 2.45) is 10.9 Å². The zero-order chi connectivity index (χ0) is 20.8. The molecule has 2 heterocycles. The fourth-order valence-electron chi connectivity index (χ4n) is 3.56. The molecular formula is C24H29N3O3. The molecule has 1 unspecified atom stereocenters. The van der Waals surface area contributed by atoms with Gasteiger partial charge in [0.25, 0.3) is 0 Å². The first-order valence-corrected chi connectivity index (χ1v) is 10.4. The van der Waals surface area contributed by atoms with E-state index < -0.39 is 0 Å². The van der Waals surface area contributed by atoms with Crippen LogP contribution in [0.2, 0.25) is 0 Å². The molecule has 30 heavy (non-hydrogen) atoms. The molecule has 4 rings (SSSR count). The van der Waals surface area contributed by atoms with E-state index in [9.17, 15) is 0 Å². The molecule has 0 amide bonds. The molecule has 0 saturated carbocycles. The highest BCUT2D eigenvalue weighted by atomic mass is 16.5. The third-order valence-electron chi connectivity index (χ3n) is 5.30. The number of nitrogens with zero attached hydrogens (tertiary/aromatic N) is 1. The van der Waals surface area contributed by atoms with E-state index in [2.05, 4.69) is 40.7 Å². The Morgan fingerprint density at radius 3 is 2.80 bits per heavy atom. The van der Waals surface area contributed by atoms with Gasteiger partial charge in [-0.05, 0) is 37.1 Å². The Morgan fingerprint density at radius 1 is 1.13 bits per heavy atom. The van der Waals surface area contributed by atoms with Gasteiger partial charge in [0.05, 0.1) is 19.8 Å². The van der Waals surface area contributed by atoms with Crippen molar-refractivity contribution in [3.05, 3.63) is 65.4 Å². The zero-order valence-electron chi connectivity index (χ0n) is 17.6. The highest BCUT2D eigenvalue weighted by Gasteiger charge is 2.17. The van der Waals surface area contributed by atoms with E-state index in [1.807, 2.05) is 30.3 Å². The van der Waals surface area contributed by atoms with Gasteiger partial charge in [0.1, 0.15) is 17.1 Å². The minimum absolute atomic E-state index is 0.476. The van der Waals surface area contributed by atoms with Crippen LogP contribution >= 0.6 is 0 Å². The molecule has 0 spiro atoms. The van der Waals surface area contributed by atoms with Crippen LogP contribution in [0.25, 0.3) is 11.0 Å². The second-order valence-corrected chi connectivity index (χ2v) is 7.68. The number of benzene rings is 2. The number of fused-ring (bicyclic) bond motifs is 1. The molecule has 1 fully saturated rings. The lowest BCUT2D eigenvalue weighted by molar-refractivity contribution is 0.166. The molecule has 0 aliphatic carbocycles. The largest absolute Gasteiger partial charge is 0.493 e. The summed E-state index contributed by atoms with van der Waals surface area (Å²) in [6, 6.07) is 16.4. The van der Waals surface area contributed by atoms with Gasteiger partial charge >= 0.3 is 0 Å². The molecule has 0 bridgehead atoms. The van der Waals surface area contributed by atoms with Crippen molar-refractivity contribution < 1.29 is 13.9 Å². The van der Waals surface area contributed by atoms with Crippen LogP contribution < -0.4 is 15.4 Å². The van der Waals surface area contributed by atoms with Crippen LogP contribution in [0.4, 0.5) is 0 Å². The number of hydrogen-bond donors (Lipinski definition) is 2. The van der Waals surface area contributed by atoms with E-state index in [4.69, 9.17) is 13.9 Å². The first kappa shape index (κ1) is 20.3. The van der Waals surface area contributed by atoms with Crippen molar-refractivity contribution in [1.82, 2.24) is 10.6 Å². The third kappa shape index (κ3) is 5.13. The predicted molar refractivity (Wildman–Crippen MR) is 119 cm³/mol. The van der Waals surface area contributed by atoms with Crippen molar-refractivity contribution in [2.45, 2.75) is 26.4 Å². The number of ether oxygens (including phenoxy) is 2. The summed E-state index contributed by atoms with van der Waals surface area (Å²) in [5.41, 5.74) is 3.18. The van der Waals surface area contributed by atoms with Crippen molar-refractivity contribution in [1.29, 1.82) is 0 Å². The number of guanidine groups is 1. The predicted octanol–water partition coefficient (Wildman–Crippen LogP) is 4.02. The third-order valence-corrected chi connectivity index (χ3v) is 5.30. The second kappa shape index (κ2) is 9.67. The van der Waals surface area contributed by atoms with E-state index in [0.717, 1.165) is 47.7 Å². The highest BCUT2D eigenvalue weighted by Crippen LogP contribution is 2.23. The normalized spacial score (nSPS) is 16.7. The average molecular weight is 408 g/mol. The van der Waals surface area contributed by atoms with Crippen LogP contribution in [0.5, 0.6) is 5.75 Å². The maximum atomic E-state index is 6.14. The van der Waals surface area contributed by atoms with Gasteiger partial charge < -0.3 is 24.5 Å². The monoisotopic (exact) mass is 407 g/mol. The summed E-state index contributed by atoms with van der Waals surface area (Å²) in [6.45, 7) is 5.58. The number of rotatable bonds is 7. The first-order chi connectivity index (χ1) is 14.7. The molecule has 0 radical (unpaired) electrons. The van der Waals surface area contributed by atoms with Gasteiger partial charge in [0, 0.05) is 37.1 Å². The second-order valence-electron chi connectivity index (χ2n) is 7.68. The summed E-state index contributed by atoms with van der Waals surface area (Å²) < 4.78 is 17.5. The summed E-state index contributed by atoms with van der Waals surface area (Å²) >= 11 is 0. The highest BCUT2D eigenvalue weighted by molar-refractivity contribution is 5.80. The molecule has 1 aliphatic heterocycles. The van der Waals surface area contributed by atoms with E-state index in [-0.39, 0.29) is 0 Å². The summed E-state index contributed by atoms with van der Waals surface area (Å²) in [7, 11) is 1.76. The Labute approximate surface area is 177 Å².